The molecular weight excluding hydrogens is 726 g/mol. The Balaban J connectivity index is 1.06. The van der Waals surface area contributed by atoms with Crippen molar-refractivity contribution in [3.8, 4) is 33.6 Å². The minimum absolute atomic E-state index is 0.821. The Morgan fingerprint density at radius 2 is 1.17 bits per heavy atom. The fourth-order valence-electron chi connectivity index (χ4n) is 8.73. The normalized spacial score (nSPS) is 14.0. The largest absolute Gasteiger partial charge is 0.309 e. The Kier molecular flexibility index (Phi) is 8.20. The molecule has 3 heterocycles. The molecule has 0 amide bonds. The van der Waals surface area contributed by atoms with Crippen molar-refractivity contribution in [1.82, 2.24) is 15.0 Å². The molecule has 7 aromatic carbocycles. The van der Waals surface area contributed by atoms with Crippen molar-refractivity contribution in [3.63, 3.8) is 0 Å². The minimum Gasteiger partial charge on any atom is -0.309 e. The van der Waals surface area contributed by atoms with Gasteiger partial charge in [-0.15, -0.1) is 0 Å². The van der Waals surface area contributed by atoms with E-state index in [1.807, 2.05) is 42.6 Å². The van der Waals surface area contributed by atoms with Crippen molar-refractivity contribution in [2.45, 2.75) is 12.8 Å². The van der Waals surface area contributed by atoms with Crippen LogP contribution in [-0.2, 0) is 4.57 Å². The number of hydrogen-bond acceptors (Lipinski definition) is 4. The highest BCUT2D eigenvalue weighted by Crippen LogP contribution is 2.53. The Morgan fingerprint density at radius 1 is 0.500 bits per heavy atom. The van der Waals surface area contributed by atoms with Gasteiger partial charge in [0.25, 0.3) is 0 Å². The van der Waals surface area contributed by atoms with E-state index < -0.39 is 7.14 Å². The third-order valence-electron chi connectivity index (χ3n) is 11.6. The van der Waals surface area contributed by atoms with Crippen LogP contribution in [0.1, 0.15) is 12.8 Å². The predicted molar refractivity (Wildman–Crippen MR) is 243 cm³/mol. The first-order valence-corrected chi connectivity index (χ1v) is 21.5. The van der Waals surface area contributed by atoms with Crippen LogP contribution in [0.5, 0.6) is 0 Å². The molecule has 274 valence electrons. The third kappa shape index (κ3) is 5.60. The SMILES string of the molecule is O=P(C1=CCCC=C1)(c1ccccc1)c1ccc(-c2nc3ccccc3c3c2cc(-c2ccc(-c4ccc5ccc6cccnc6c5n4)cc2)c2ccccc23)cc1. The van der Waals surface area contributed by atoms with Crippen LogP contribution in [0.3, 0.4) is 0 Å². The number of hydrogen-bond donors (Lipinski definition) is 0. The number of para-hydroxylation sites is 1. The highest BCUT2D eigenvalue weighted by atomic mass is 31.2. The summed E-state index contributed by atoms with van der Waals surface area (Å²) >= 11 is 0. The molecule has 11 rings (SSSR count). The van der Waals surface area contributed by atoms with Gasteiger partial charge in [0, 0.05) is 60.2 Å². The predicted octanol–water partition coefficient (Wildman–Crippen LogP) is 13.2. The zero-order valence-corrected chi connectivity index (χ0v) is 32.5. The number of allylic oxidation sites excluding steroid dienone is 4. The summed E-state index contributed by atoms with van der Waals surface area (Å²) in [5.41, 5.74) is 8.85. The Labute approximate surface area is 336 Å². The van der Waals surface area contributed by atoms with Gasteiger partial charge in [0.1, 0.15) is 0 Å². The molecule has 1 aliphatic rings. The number of aromatic nitrogens is 3. The van der Waals surface area contributed by atoms with E-state index in [4.69, 9.17) is 9.97 Å². The molecule has 0 aliphatic heterocycles. The lowest BCUT2D eigenvalue weighted by Crippen LogP contribution is -2.17. The van der Waals surface area contributed by atoms with Crippen LogP contribution in [-0.4, -0.2) is 15.0 Å². The van der Waals surface area contributed by atoms with Crippen LogP contribution in [0.15, 0.2) is 200 Å². The van der Waals surface area contributed by atoms with Gasteiger partial charge in [-0.3, -0.25) is 4.98 Å². The van der Waals surface area contributed by atoms with Crippen molar-refractivity contribution in [3.05, 3.63) is 200 Å². The van der Waals surface area contributed by atoms with Gasteiger partial charge >= 0.3 is 0 Å². The summed E-state index contributed by atoms with van der Waals surface area (Å²) in [5, 5.41) is 10.4. The van der Waals surface area contributed by atoms with Gasteiger partial charge in [-0.1, -0.05) is 164 Å². The lowest BCUT2D eigenvalue weighted by molar-refractivity contribution is 0.591. The van der Waals surface area contributed by atoms with Gasteiger partial charge in [-0.2, -0.15) is 0 Å². The Hall–Kier alpha value is -7.00. The standard InChI is InChI=1S/C53H36N3OP/c57-58(40-13-3-1-4-14-40,41-15-5-2-6-16-41)42-30-27-38(28-31-42)51-47-34-46(43-17-7-8-18-44(43)50(47)45-19-9-10-20-49(45)56-51)35-21-23-36(24-22-35)48-32-29-39-26-25-37-12-11-33-54-52(37)53(39)55-48/h1,3-5,7-34H,2,6H2. The first-order valence-electron chi connectivity index (χ1n) is 19.8. The summed E-state index contributed by atoms with van der Waals surface area (Å²) in [4.78, 5) is 15.1. The van der Waals surface area contributed by atoms with Crippen molar-refractivity contribution in [2.75, 3.05) is 0 Å². The molecule has 0 bridgehead atoms. The maximum atomic E-state index is 15.2. The van der Waals surface area contributed by atoms with Crippen LogP contribution >= 0.6 is 7.14 Å². The number of rotatable bonds is 6. The lowest BCUT2D eigenvalue weighted by Gasteiger charge is -2.23. The summed E-state index contributed by atoms with van der Waals surface area (Å²) in [5.74, 6) is 0. The fraction of sp³-hybridized carbons (Fsp3) is 0.0377. The molecule has 3 aromatic heterocycles. The van der Waals surface area contributed by atoms with Gasteiger partial charge in [0.05, 0.1) is 27.9 Å². The van der Waals surface area contributed by atoms with Crippen molar-refractivity contribution in [1.29, 1.82) is 0 Å². The van der Waals surface area contributed by atoms with Crippen LogP contribution in [0.25, 0.3) is 87.9 Å². The average Bonchev–Trinajstić information content (AvgIpc) is 3.31. The van der Waals surface area contributed by atoms with E-state index in [2.05, 4.69) is 157 Å². The molecule has 0 fully saturated rings. The quantitative estimate of drug-likeness (QED) is 0.125. The van der Waals surface area contributed by atoms with Crippen LogP contribution in [0.2, 0.25) is 0 Å². The minimum atomic E-state index is -3.08. The van der Waals surface area contributed by atoms with E-state index in [1.165, 1.54) is 16.2 Å². The number of pyridine rings is 3. The number of nitrogens with zero attached hydrogens (tertiary/aromatic N) is 3. The van der Waals surface area contributed by atoms with Crippen molar-refractivity contribution >= 4 is 72.0 Å². The molecule has 0 spiro atoms. The van der Waals surface area contributed by atoms with E-state index in [0.717, 1.165) is 101 Å². The summed E-state index contributed by atoms with van der Waals surface area (Å²) in [7, 11) is -3.08. The van der Waals surface area contributed by atoms with Crippen molar-refractivity contribution in [2.24, 2.45) is 0 Å². The summed E-state index contributed by atoms with van der Waals surface area (Å²) in [6.07, 6.45) is 10.0. The smallest absolute Gasteiger partial charge is 0.170 e. The molecule has 5 heteroatoms. The molecule has 10 aromatic rings. The van der Waals surface area contributed by atoms with Crippen LogP contribution in [0, 0.1) is 0 Å². The van der Waals surface area contributed by atoms with E-state index in [-0.39, 0.29) is 0 Å². The zero-order valence-electron chi connectivity index (χ0n) is 31.6. The zero-order chi connectivity index (χ0) is 38.6. The summed E-state index contributed by atoms with van der Waals surface area (Å²) < 4.78 is 15.2. The molecule has 4 nitrogen and oxygen atoms in total. The van der Waals surface area contributed by atoms with Gasteiger partial charge in [-0.05, 0) is 59.0 Å². The maximum absolute atomic E-state index is 15.2. The van der Waals surface area contributed by atoms with Gasteiger partial charge < -0.3 is 4.57 Å². The number of benzene rings is 7. The molecule has 0 N–H and O–H groups in total. The molecule has 0 radical (unpaired) electrons. The van der Waals surface area contributed by atoms with Gasteiger partial charge in [-0.25, -0.2) is 9.97 Å². The molecule has 0 saturated heterocycles. The molecule has 1 atom stereocenters. The monoisotopic (exact) mass is 761 g/mol. The Morgan fingerprint density at radius 3 is 1.97 bits per heavy atom. The molecule has 1 aliphatic carbocycles. The second kappa shape index (κ2) is 13.9. The number of fused-ring (bicyclic) bond motifs is 8. The third-order valence-corrected chi connectivity index (χ3v) is 14.7. The molecule has 0 saturated carbocycles. The van der Waals surface area contributed by atoms with E-state index >= 15 is 4.57 Å². The van der Waals surface area contributed by atoms with E-state index in [0.29, 0.717) is 0 Å². The second-order valence-electron chi connectivity index (χ2n) is 15.0. The first-order chi connectivity index (χ1) is 28.6. The second-order valence-corrected chi connectivity index (χ2v) is 17.7. The average molecular weight is 762 g/mol. The van der Waals surface area contributed by atoms with Gasteiger partial charge in [0.2, 0.25) is 0 Å². The first kappa shape index (κ1) is 34.3. The highest BCUT2D eigenvalue weighted by molar-refractivity contribution is 7.82. The molecule has 1 unspecified atom stereocenters. The molecular formula is C53H36N3OP. The molecule has 58 heavy (non-hydrogen) atoms. The lowest BCUT2D eigenvalue weighted by atomic mass is 9.89. The highest BCUT2D eigenvalue weighted by Gasteiger charge is 2.31. The van der Waals surface area contributed by atoms with Crippen molar-refractivity contribution < 1.29 is 4.57 Å². The Bertz CT molecular complexity index is 3350. The summed E-state index contributed by atoms with van der Waals surface area (Å²) in [6.45, 7) is 0. The van der Waals surface area contributed by atoms with Gasteiger partial charge in [0.15, 0.2) is 7.14 Å². The summed E-state index contributed by atoms with van der Waals surface area (Å²) in [6, 6.07) is 58.9. The topological polar surface area (TPSA) is 55.7 Å². The van der Waals surface area contributed by atoms with Crippen LogP contribution < -0.4 is 10.6 Å². The van der Waals surface area contributed by atoms with E-state index in [9.17, 15) is 0 Å². The maximum Gasteiger partial charge on any atom is 0.170 e. The van der Waals surface area contributed by atoms with Crippen LogP contribution in [0.4, 0.5) is 0 Å². The fourth-order valence-corrected chi connectivity index (χ4v) is 11.5. The van der Waals surface area contributed by atoms with E-state index in [1.54, 1.807) is 0 Å².